The van der Waals surface area contributed by atoms with Crippen LogP contribution < -0.4 is 5.73 Å². The van der Waals surface area contributed by atoms with E-state index in [-0.39, 0.29) is 10.6 Å². The van der Waals surface area contributed by atoms with E-state index in [2.05, 4.69) is 12.2 Å². The highest BCUT2D eigenvalue weighted by Crippen LogP contribution is 2.31. The summed E-state index contributed by atoms with van der Waals surface area (Å²) in [5, 5.41) is 0. The fourth-order valence-electron chi connectivity index (χ4n) is 0.896. The number of benzene rings is 1. The van der Waals surface area contributed by atoms with E-state index in [0.717, 1.165) is 6.07 Å². The molecular formula is C8H5F4NS. The molecule has 14 heavy (non-hydrogen) atoms. The van der Waals surface area contributed by atoms with Gasteiger partial charge >= 0.3 is 6.18 Å². The Morgan fingerprint density at radius 3 is 2.29 bits per heavy atom. The third kappa shape index (κ3) is 2.20. The normalized spacial score (nSPS) is 11.4. The number of rotatable bonds is 1. The lowest BCUT2D eigenvalue weighted by molar-refractivity contribution is -0.140. The highest BCUT2D eigenvalue weighted by Gasteiger charge is 2.34. The summed E-state index contributed by atoms with van der Waals surface area (Å²) in [7, 11) is 0. The lowest BCUT2D eigenvalue weighted by Crippen LogP contribution is -2.13. The zero-order valence-electron chi connectivity index (χ0n) is 6.73. The molecule has 0 aliphatic heterocycles. The Hall–Kier alpha value is -1.17. The maximum Gasteiger partial charge on any atom is 0.419 e. The van der Waals surface area contributed by atoms with Crippen molar-refractivity contribution in [2.24, 2.45) is 5.73 Å². The molecule has 1 nitrogen and oxygen atoms in total. The standard InChI is InChI=1S/C8H5F4NS/c9-6-2-1-4(7(13)14)3-5(6)8(10,11)12/h1-3H,(H2,13,14). The molecule has 0 saturated heterocycles. The van der Waals surface area contributed by atoms with Gasteiger partial charge in [-0.2, -0.15) is 13.2 Å². The number of halogens is 4. The fourth-order valence-corrected chi connectivity index (χ4v) is 1.02. The molecule has 1 aromatic carbocycles. The Labute approximate surface area is 82.5 Å². The van der Waals surface area contributed by atoms with Gasteiger partial charge in [0.2, 0.25) is 0 Å². The van der Waals surface area contributed by atoms with E-state index in [1.165, 1.54) is 0 Å². The van der Waals surface area contributed by atoms with Crippen molar-refractivity contribution in [3.05, 3.63) is 35.1 Å². The maximum atomic E-state index is 12.7. The molecule has 76 valence electrons. The Morgan fingerprint density at radius 1 is 1.29 bits per heavy atom. The Bertz CT molecular complexity index is 372. The zero-order valence-corrected chi connectivity index (χ0v) is 7.55. The van der Waals surface area contributed by atoms with E-state index >= 15 is 0 Å². The molecule has 6 heteroatoms. The average molecular weight is 223 g/mol. The van der Waals surface area contributed by atoms with Crippen molar-refractivity contribution in [3.63, 3.8) is 0 Å². The van der Waals surface area contributed by atoms with Crippen molar-refractivity contribution in [3.8, 4) is 0 Å². The number of thiocarbonyl (C=S) groups is 1. The van der Waals surface area contributed by atoms with Crippen molar-refractivity contribution in [1.29, 1.82) is 0 Å². The van der Waals surface area contributed by atoms with Crippen molar-refractivity contribution in [1.82, 2.24) is 0 Å². The summed E-state index contributed by atoms with van der Waals surface area (Å²) in [6, 6.07) is 2.39. The van der Waals surface area contributed by atoms with Gasteiger partial charge in [0.25, 0.3) is 0 Å². The third-order valence-electron chi connectivity index (χ3n) is 1.56. The van der Waals surface area contributed by atoms with Gasteiger partial charge in [0.15, 0.2) is 0 Å². The molecule has 1 aromatic rings. The molecule has 0 radical (unpaired) electrons. The van der Waals surface area contributed by atoms with E-state index in [1.807, 2.05) is 0 Å². The molecule has 0 aromatic heterocycles. The van der Waals surface area contributed by atoms with Crippen LogP contribution in [0.4, 0.5) is 17.6 Å². The van der Waals surface area contributed by atoms with Gasteiger partial charge in [-0.25, -0.2) is 4.39 Å². The minimum Gasteiger partial charge on any atom is -0.389 e. The van der Waals surface area contributed by atoms with Gasteiger partial charge in [-0.3, -0.25) is 0 Å². The van der Waals surface area contributed by atoms with Crippen LogP contribution in [0.5, 0.6) is 0 Å². The molecule has 0 spiro atoms. The quantitative estimate of drug-likeness (QED) is 0.584. The van der Waals surface area contributed by atoms with E-state index < -0.39 is 17.6 Å². The van der Waals surface area contributed by atoms with Crippen LogP contribution in [0.2, 0.25) is 0 Å². The largest absolute Gasteiger partial charge is 0.419 e. The lowest BCUT2D eigenvalue weighted by atomic mass is 10.1. The fraction of sp³-hybridized carbons (Fsp3) is 0.125. The molecule has 0 heterocycles. The minimum atomic E-state index is -4.73. The first-order valence-electron chi connectivity index (χ1n) is 3.49. The first-order chi connectivity index (χ1) is 6.32. The molecule has 1 rings (SSSR count). The van der Waals surface area contributed by atoms with E-state index in [1.54, 1.807) is 0 Å². The predicted molar refractivity (Wildman–Crippen MR) is 47.3 cm³/mol. The average Bonchev–Trinajstić information content (AvgIpc) is 2.02. The Morgan fingerprint density at radius 2 is 1.86 bits per heavy atom. The molecule has 0 unspecified atom stereocenters. The summed E-state index contributed by atoms with van der Waals surface area (Å²) in [6.07, 6.45) is -4.73. The van der Waals surface area contributed by atoms with Crippen molar-refractivity contribution in [2.45, 2.75) is 6.18 Å². The second kappa shape index (κ2) is 3.53. The SMILES string of the molecule is NC(=S)c1ccc(F)c(C(F)(F)F)c1. The molecule has 0 amide bonds. The molecule has 0 fully saturated rings. The van der Waals surface area contributed by atoms with E-state index in [9.17, 15) is 17.6 Å². The van der Waals surface area contributed by atoms with Crippen LogP contribution in [0, 0.1) is 5.82 Å². The first kappa shape index (κ1) is 10.9. The summed E-state index contributed by atoms with van der Waals surface area (Å²) < 4.78 is 49.2. The van der Waals surface area contributed by atoms with Gasteiger partial charge in [0.05, 0.1) is 5.56 Å². The van der Waals surface area contributed by atoms with Crippen LogP contribution in [-0.4, -0.2) is 4.99 Å². The Kier molecular flexibility index (Phi) is 2.75. The summed E-state index contributed by atoms with van der Waals surface area (Å²) in [6.45, 7) is 0. The minimum absolute atomic E-state index is 0.00581. The summed E-state index contributed by atoms with van der Waals surface area (Å²) in [5.41, 5.74) is 3.75. The topological polar surface area (TPSA) is 26.0 Å². The molecule has 0 aliphatic rings. The number of hydrogen-bond donors (Lipinski definition) is 1. The van der Waals surface area contributed by atoms with Gasteiger partial charge in [0, 0.05) is 5.56 Å². The number of alkyl halides is 3. The van der Waals surface area contributed by atoms with Crippen LogP contribution in [0.3, 0.4) is 0 Å². The lowest BCUT2D eigenvalue weighted by Gasteiger charge is -2.09. The van der Waals surface area contributed by atoms with E-state index in [4.69, 9.17) is 5.73 Å². The maximum absolute atomic E-state index is 12.7. The molecule has 0 atom stereocenters. The molecule has 0 aliphatic carbocycles. The molecule has 0 saturated carbocycles. The first-order valence-corrected chi connectivity index (χ1v) is 3.90. The highest BCUT2D eigenvalue weighted by molar-refractivity contribution is 7.80. The summed E-state index contributed by atoms with van der Waals surface area (Å²) >= 11 is 4.48. The van der Waals surface area contributed by atoms with Crippen LogP contribution >= 0.6 is 12.2 Å². The van der Waals surface area contributed by atoms with Gasteiger partial charge < -0.3 is 5.73 Å². The zero-order chi connectivity index (χ0) is 10.9. The predicted octanol–water partition coefficient (Wildman–Crippen LogP) is 2.48. The Balaban J connectivity index is 3.29. The van der Waals surface area contributed by atoms with Crippen molar-refractivity contribution >= 4 is 17.2 Å². The highest BCUT2D eigenvalue weighted by atomic mass is 32.1. The van der Waals surface area contributed by atoms with Gasteiger partial charge in [-0.15, -0.1) is 0 Å². The van der Waals surface area contributed by atoms with E-state index in [0.29, 0.717) is 12.1 Å². The van der Waals surface area contributed by atoms with Gasteiger partial charge in [-0.05, 0) is 18.2 Å². The summed E-state index contributed by atoms with van der Waals surface area (Å²) in [5.74, 6) is -1.34. The summed E-state index contributed by atoms with van der Waals surface area (Å²) in [4.78, 5) is -0.199. The van der Waals surface area contributed by atoms with Crippen LogP contribution in [-0.2, 0) is 6.18 Å². The number of hydrogen-bond acceptors (Lipinski definition) is 1. The number of nitrogens with two attached hydrogens (primary N) is 1. The van der Waals surface area contributed by atoms with Crippen molar-refractivity contribution < 1.29 is 17.6 Å². The molecular weight excluding hydrogens is 218 g/mol. The van der Waals surface area contributed by atoms with Crippen LogP contribution in [0.25, 0.3) is 0 Å². The van der Waals surface area contributed by atoms with Gasteiger partial charge in [-0.1, -0.05) is 12.2 Å². The van der Waals surface area contributed by atoms with Crippen LogP contribution in [0.15, 0.2) is 18.2 Å². The monoisotopic (exact) mass is 223 g/mol. The molecule has 2 N–H and O–H groups in total. The van der Waals surface area contributed by atoms with Crippen molar-refractivity contribution in [2.75, 3.05) is 0 Å². The smallest absolute Gasteiger partial charge is 0.389 e. The van der Waals surface area contributed by atoms with Gasteiger partial charge in [0.1, 0.15) is 10.8 Å². The second-order valence-corrected chi connectivity index (χ2v) is 3.00. The third-order valence-corrected chi connectivity index (χ3v) is 1.79. The molecule has 0 bridgehead atoms. The second-order valence-electron chi connectivity index (χ2n) is 2.56. The van der Waals surface area contributed by atoms with Crippen LogP contribution in [0.1, 0.15) is 11.1 Å².